The number of pyridine rings is 1. The Balaban J connectivity index is 2.33. The summed E-state index contributed by atoms with van der Waals surface area (Å²) in [6.45, 7) is 0.0748. The summed E-state index contributed by atoms with van der Waals surface area (Å²) < 4.78 is 15.0. The highest BCUT2D eigenvalue weighted by Crippen LogP contribution is 2.11. The minimum absolute atomic E-state index is 0.0748. The maximum atomic E-state index is 13.6. The van der Waals surface area contributed by atoms with Crippen LogP contribution in [0.5, 0.6) is 0 Å². The van der Waals surface area contributed by atoms with E-state index in [2.05, 4.69) is 0 Å². The summed E-state index contributed by atoms with van der Waals surface area (Å²) in [4.78, 5) is 22.1. The Bertz CT molecular complexity index is 649. The third-order valence-corrected chi connectivity index (χ3v) is 2.54. The number of carboxylic acids is 1. The molecule has 1 aromatic heterocycles. The van der Waals surface area contributed by atoms with E-state index in [1.165, 1.54) is 22.8 Å². The van der Waals surface area contributed by atoms with Crippen molar-refractivity contribution >= 4 is 5.97 Å². The van der Waals surface area contributed by atoms with Gasteiger partial charge >= 0.3 is 5.97 Å². The van der Waals surface area contributed by atoms with E-state index < -0.39 is 11.8 Å². The average Bonchev–Trinajstić information content (AvgIpc) is 2.34. The summed E-state index contributed by atoms with van der Waals surface area (Å²) in [6.07, 6.45) is 1.55. The Morgan fingerprint density at radius 3 is 2.67 bits per heavy atom. The van der Waals surface area contributed by atoms with Gasteiger partial charge in [-0.3, -0.25) is 4.79 Å². The fraction of sp³-hybridized carbons (Fsp3) is 0.0769. The second kappa shape index (κ2) is 4.83. The number of carbonyl (C=O) groups is 1. The van der Waals surface area contributed by atoms with Crippen molar-refractivity contribution in [2.24, 2.45) is 0 Å². The number of halogens is 1. The molecule has 1 aromatic carbocycles. The molecule has 0 radical (unpaired) electrons. The lowest BCUT2D eigenvalue weighted by molar-refractivity contribution is 0.0696. The first-order valence-electron chi connectivity index (χ1n) is 5.25. The van der Waals surface area contributed by atoms with Gasteiger partial charge in [0.2, 0.25) is 0 Å². The minimum Gasteiger partial charge on any atom is -0.478 e. The van der Waals surface area contributed by atoms with E-state index in [0.717, 1.165) is 6.07 Å². The summed E-state index contributed by atoms with van der Waals surface area (Å²) in [5.41, 5.74) is -0.0795. The van der Waals surface area contributed by atoms with Gasteiger partial charge in [-0.05, 0) is 18.2 Å². The van der Waals surface area contributed by atoms with Crippen LogP contribution in [0, 0.1) is 5.82 Å². The summed E-state index contributed by atoms with van der Waals surface area (Å²) >= 11 is 0. The molecule has 0 aliphatic heterocycles. The number of aromatic carboxylic acids is 1. The number of hydrogen-bond acceptors (Lipinski definition) is 2. The number of rotatable bonds is 3. The van der Waals surface area contributed by atoms with Gasteiger partial charge in [-0.25, -0.2) is 9.18 Å². The van der Waals surface area contributed by atoms with Gasteiger partial charge in [0, 0.05) is 17.8 Å². The Hall–Kier alpha value is -2.43. The molecule has 1 N–H and O–H groups in total. The quantitative estimate of drug-likeness (QED) is 0.898. The SMILES string of the molecule is O=C(O)c1ccc(Cn2ccccc2=O)c(F)c1. The Kier molecular flexibility index (Phi) is 3.23. The van der Waals surface area contributed by atoms with Crippen LogP contribution >= 0.6 is 0 Å². The highest BCUT2D eigenvalue weighted by Gasteiger charge is 2.08. The van der Waals surface area contributed by atoms with Gasteiger partial charge in [0.05, 0.1) is 12.1 Å². The van der Waals surface area contributed by atoms with E-state index in [9.17, 15) is 14.0 Å². The largest absolute Gasteiger partial charge is 0.478 e. The van der Waals surface area contributed by atoms with E-state index in [-0.39, 0.29) is 23.2 Å². The van der Waals surface area contributed by atoms with Crippen LogP contribution in [0.2, 0.25) is 0 Å². The second-order valence-corrected chi connectivity index (χ2v) is 3.78. The van der Waals surface area contributed by atoms with Crippen LogP contribution in [0.1, 0.15) is 15.9 Å². The number of nitrogens with zero attached hydrogens (tertiary/aromatic N) is 1. The number of hydrogen-bond donors (Lipinski definition) is 1. The van der Waals surface area contributed by atoms with Gasteiger partial charge in [-0.2, -0.15) is 0 Å². The molecule has 0 aliphatic carbocycles. The molecule has 0 spiro atoms. The van der Waals surface area contributed by atoms with E-state index in [0.29, 0.717) is 0 Å². The molecule has 1 heterocycles. The van der Waals surface area contributed by atoms with Gasteiger partial charge in [-0.15, -0.1) is 0 Å². The minimum atomic E-state index is -1.18. The molecule has 0 amide bonds. The summed E-state index contributed by atoms with van der Waals surface area (Å²) in [5, 5.41) is 8.71. The van der Waals surface area contributed by atoms with Crippen LogP contribution < -0.4 is 5.56 Å². The van der Waals surface area contributed by atoms with Crippen molar-refractivity contribution in [3.05, 3.63) is 69.9 Å². The standard InChI is InChI=1S/C13H10FNO3/c14-11-7-9(13(17)18)4-5-10(11)8-15-6-2-1-3-12(15)16/h1-7H,8H2,(H,17,18). The monoisotopic (exact) mass is 247 g/mol. The van der Waals surface area contributed by atoms with Crippen molar-refractivity contribution in [3.63, 3.8) is 0 Å². The zero-order valence-electron chi connectivity index (χ0n) is 9.34. The molecule has 2 rings (SSSR count). The lowest BCUT2D eigenvalue weighted by Gasteiger charge is -2.06. The summed E-state index contributed by atoms with van der Waals surface area (Å²) in [7, 11) is 0. The van der Waals surface area contributed by atoms with Crippen molar-refractivity contribution in [2.75, 3.05) is 0 Å². The van der Waals surface area contributed by atoms with Crippen LogP contribution in [0.25, 0.3) is 0 Å². The van der Waals surface area contributed by atoms with E-state index in [4.69, 9.17) is 5.11 Å². The fourth-order valence-corrected chi connectivity index (χ4v) is 1.58. The molecule has 0 unspecified atom stereocenters. The molecule has 4 nitrogen and oxygen atoms in total. The van der Waals surface area contributed by atoms with E-state index in [1.807, 2.05) is 0 Å². The van der Waals surface area contributed by atoms with Gasteiger partial charge in [0.25, 0.3) is 5.56 Å². The van der Waals surface area contributed by atoms with Crippen molar-refractivity contribution in [2.45, 2.75) is 6.54 Å². The highest BCUT2D eigenvalue weighted by molar-refractivity contribution is 5.87. The normalized spacial score (nSPS) is 10.3. The third kappa shape index (κ3) is 2.45. The first-order valence-corrected chi connectivity index (χ1v) is 5.25. The summed E-state index contributed by atoms with van der Waals surface area (Å²) in [6, 6.07) is 8.29. The Morgan fingerprint density at radius 2 is 2.06 bits per heavy atom. The molecule has 5 heteroatoms. The second-order valence-electron chi connectivity index (χ2n) is 3.78. The molecule has 18 heavy (non-hydrogen) atoms. The van der Waals surface area contributed by atoms with Crippen LogP contribution in [0.4, 0.5) is 4.39 Å². The molecule has 0 saturated heterocycles. The first kappa shape index (κ1) is 12.0. The molecule has 2 aromatic rings. The molecule has 0 saturated carbocycles. The molecular weight excluding hydrogens is 237 g/mol. The molecule has 0 aliphatic rings. The molecule has 92 valence electrons. The van der Waals surface area contributed by atoms with Crippen LogP contribution in [-0.4, -0.2) is 15.6 Å². The smallest absolute Gasteiger partial charge is 0.335 e. The van der Waals surface area contributed by atoms with Crippen molar-refractivity contribution in [1.82, 2.24) is 4.57 Å². The third-order valence-electron chi connectivity index (χ3n) is 2.54. The molecular formula is C13H10FNO3. The van der Waals surface area contributed by atoms with Crippen LogP contribution in [0.15, 0.2) is 47.4 Å². The van der Waals surface area contributed by atoms with Crippen molar-refractivity contribution < 1.29 is 14.3 Å². The van der Waals surface area contributed by atoms with E-state index in [1.54, 1.807) is 18.3 Å². The van der Waals surface area contributed by atoms with Crippen molar-refractivity contribution in [3.8, 4) is 0 Å². The average molecular weight is 247 g/mol. The van der Waals surface area contributed by atoms with Gasteiger partial charge in [-0.1, -0.05) is 12.1 Å². The topological polar surface area (TPSA) is 59.3 Å². The van der Waals surface area contributed by atoms with Crippen molar-refractivity contribution in [1.29, 1.82) is 0 Å². The highest BCUT2D eigenvalue weighted by atomic mass is 19.1. The Labute approximate surface area is 102 Å². The van der Waals surface area contributed by atoms with Gasteiger partial charge in [0.15, 0.2) is 0 Å². The molecule has 0 fully saturated rings. The van der Waals surface area contributed by atoms with Crippen LogP contribution in [-0.2, 0) is 6.54 Å². The number of carboxylic acid groups (broad SMARTS) is 1. The van der Waals surface area contributed by atoms with E-state index >= 15 is 0 Å². The number of aromatic nitrogens is 1. The van der Waals surface area contributed by atoms with Crippen LogP contribution in [0.3, 0.4) is 0 Å². The molecule has 0 atom stereocenters. The maximum Gasteiger partial charge on any atom is 0.335 e. The predicted octanol–water partition coefficient (Wildman–Crippen LogP) is 1.73. The Morgan fingerprint density at radius 1 is 1.28 bits per heavy atom. The first-order chi connectivity index (χ1) is 8.58. The number of benzene rings is 1. The van der Waals surface area contributed by atoms with Gasteiger partial charge < -0.3 is 9.67 Å². The molecule has 0 bridgehead atoms. The maximum absolute atomic E-state index is 13.6. The zero-order chi connectivity index (χ0) is 13.1. The predicted molar refractivity (Wildman–Crippen MR) is 63.2 cm³/mol. The summed E-state index contributed by atoms with van der Waals surface area (Å²) in [5.74, 6) is -1.82. The lowest BCUT2D eigenvalue weighted by Crippen LogP contribution is -2.19. The lowest BCUT2D eigenvalue weighted by atomic mass is 10.1. The van der Waals surface area contributed by atoms with Gasteiger partial charge in [0.1, 0.15) is 5.82 Å². The fourth-order valence-electron chi connectivity index (χ4n) is 1.58. The zero-order valence-corrected chi connectivity index (χ0v) is 9.34.